The molecule has 1 amide bonds. The maximum Gasteiger partial charge on any atom is 0.265 e. The fourth-order valence-electron chi connectivity index (χ4n) is 1.78. The fourth-order valence-corrected chi connectivity index (χ4v) is 2.30. The summed E-state index contributed by atoms with van der Waals surface area (Å²) >= 11 is 2.18. The van der Waals surface area contributed by atoms with E-state index >= 15 is 0 Å². The summed E-state index contributed by atoms with van der Waals surface area (Å²) in [5, 5.41) is 8.88. The highest BCUT2D eigenvalue weighted by molar-refractivity contribution is 14.1. The van der Waals surface area contributed by atoms with Gasteiger partial charge in [0.1, 0.15) is 12.3 Å². The molecule has 0 aliphatic carbocycles. The molecule has 0 radical (unpaired) electrons. The van der Waals surface area contributed by atoms with Crippen molar-refractivity contribution in [2.45, 2.75) is 0 Å². The first-order valence-electron chi connectivity index (χ1n) is 6.31. The van der Waals surface area contributed by atoms with Crippen LogP contribution in [0.4, 0.5) is 5.69 Å². The first-order valence-corrected chi connectivity index (χ1v) is 7.39. The normalized spacial score (nSPS) is 9.71. The molecule has 0 aromatic heterocycles. The van der Waals surface area contributed by atoms with Crippen molar-refractivity contribution in [3.63, 3.8) is 0 Å². The maximum atomic E-state index is 12.2. The third kappa shape index (κ3) is 4.46. The summed E-state index contributed by atoms with van der Waals surface area (Å²) < 4.78 is 6.53. The number of hydrogen-bond acceptors (Lipinski definition) is 3. The van der Waals surface area contributed by atoms with E-state index in [2.05, 4.69) is 22.6 Å². The Bertz CT molecular complexity index is 653. The van der Waals surface area contributed by atoms with Gasteiger partial charge in [-0.25, -0.2) is 0 Å². The molecule has 106 valence electrons. The molecule has 0 spiro atoms. The molecule has 0 saturated carbocycles. The van der Waals surface area contributed by atoms with Crippen molar-refractivity contribution in [2.75, 3.05) is 18.1 Å². The molecule has 0 fully saturated rings. The van der Waals surface area contributed by atoms with E-state index in [1.54, 1.807) is 18.2 Å². The van der Waals surface area contributed by atoms with Crippen LogP contribution in [-0.2, 0) is 4.79 Å². The Morgan fingerprint density at radius 3 is 2.62 bits per heavy atom. The highest BCUT2D eigenvalue weighted by Crippen LogP contribution is 2.16. The summed E-state index contributed by atoms with van der Waals surface area (Å²) in [5.74, 6) is 0.391. The van der Waals surface area contributed by atoms with E-state index in [4.69, 9.17) is 10.00 Å². The Morgan fingerprint density at radius 2 is 1.95 bits per heavy atom. The highest BCUT2D eigenvalue weighted by Gasteiger charge is 2.15. The fraction of sp³-hybridized carbons (Fsp3) is 0.125. The van der Waals surface area contributed by atoms with E-state index in [0.717, 1.165) is 3.57 Å². The monoisotopic (exact) mass is 392 g/mol. The zero-order valence-corrected chi connectivity index (χ0v) is 13.4. The molecule has 4 nitrogen and oxygen atoms in total. The first-order chi connectivity index (χ1) is 10.2. The van der Waals surface area contributed by atoms with Crippen LogP contribution in [0, 0.1) is 14.9 Å². The molecule has 5 heteroatoms. The Labute approximate surface area is 137 Å². The minimum Gasteiger partial charge on any atom is -0.484 e. The number of halogens is 1. The Morgan fingerprint density at radius 1 is 1.19 bits per heavy atom. The lowest BCUT2D eigenvalue weighted by molar-refractivity contribution is -0.120. The zero-order chi connectivity index (χ0) is 15.1. The number of carbonyl (C=O) groups is 1. The lowest BCUT2D eigenvalue weighted by Crippen LogP contribution is -2.35. The van der Waals surface area contributed by atoms with Gasteiger partial charge in [-0.3, -0.25) is 9.69 Å². The first kappa shape index (κ1) is 15.3. The Hall–Kier alpha value is -2.07. The molecule has 2 aromatic rings. The number of anilines is 1. The second-order valence-corrected chi connectivity index (χ2v) is 5.47. The molecule has 0 aliphatic heterocycles. The smallest absolute Gasteiger partial charge is 0.265 e. The molecule has 21 heavy (non-hydrogen) atoms. The van der Waals surface area contributed by atoms with Crippen molar-refractivity contribution in [3.05, 3.63) is 58.2 Å². The van der Waals surface area contributed by atoms with Gasteiger partial charge in [-0.15, -0.1) is 0 Å². The predicted octanol–water partition coefficient (Wildman–Crippen LogP) is 3.23. The molecule has 0 heterocycles. The van der Waals surface area contributed by atoms with Gasteiger partial charge >= 0.3 is 0 Å². The minimum atomic E-state index is -0.249. The van der Waals surface area contributed by atoms with Crippen LogP contribution in [-0.4, -0.2) is 19.1 Å². The number of para-hydroxylation sites is 1. The van der Waals surface area contributed by atoms with Crippen molar-refractivity contribution in [2.24, 2.45) is 0 Å². The molecule has 2 aromatic carbocycles. The van der Waals surface area contributed by atoms with E-state index in [-0.39, 0.29) is 19.1 Å². The van der Waals surface area contributed by atoms with Crippen molar-refractivity contribution in [3.8, 4) is 11.8 Å². The topological polar surface area (TPSA) is 53.3 Å². The number of ether oxygens (including phenoxy) is 1. The predicted molar refractivity (Wildman–Crippen MR) is 89.1 cm³/mol. The summed E-state index contributed by atoms with van der Waals surface area (Å²) in [5.41, 5.74) is 0.690. The quantitative estimate of drug-likeness (QED) is 0.580. The summed E-state index contributed by atoms with van der Waals surface area (Å²) in [6.07, 6.45) is 0. The van der Waals surface area contributed by atoms with E-state index < -0.39 is 0 Å². The van der Waals surface area contributed by atoms with Gasteiger partial charge in [0.25, 0.3) is 5.91 Å². The van der Waals surface area contributed by atoms with E-state index in [1.807, 2.05) is 42.5 Å². The number of hydrogen-bond donors (Lipinski definition) is 0. The van der Waals surface area contributed by atoms with Crippen molar-refractivity contribution >= 4 is 34.2 Å². The van der Waals surface area contributed by atoms with Gasteiger partial charge in [0.05, 0.1) is 6.07 Å². The van der Waals surface area contributed by atoms with Gasteiger partial charge in [0.2, 0.25) is 0 Å². The molecule has 0 N–H and O–H groups in total. The van der Waals surface area contributed by atoms with Crippen LogP contribution in [0.3, 0.4) is 0 Å². The summed E-state index contributed by atoms with van der Waals surface area (Å²) in [6, 6.07) is 18.6. The van der Waals surface area contributed by atoms with Crippen LogP contribution < -0.4 is 9.64 Å². The second kappa shape index (κ2) is 7.64. The largest absolute Gasteiger partial charge is 0.484 e. The zero-order valence-electron chi connectivity index (χ0n) is 11.2. The lowest BCUT2D eigenvalue weighted by Gasteiger charge is -2.19. The van der Waals surface area contributed by atoms with Gasteiger partial charge in [-0.1, -0.05) is 24.3 Å². The van der Waals surface area contributed by atoms with Gasteiger partial charge < -0.3 is 4.74 Å². The summed E-state index contributed by atoms with van der Waals surface area (Å²) in [4.78, 5) is 13.7. The molecule has 2 rings (SSSR count). The van der Waals surface area contributed by atoms with E-state index in [1.165, 1.54) is 4.90 Å². The summed E-state index contributed by atoms with van der Waals surface area (Å²) in [6.45, 7) is -0.102. The number of carbonyl (C=O) groups excluding carboxylic acids is 1. The van der Waals surface area contributed by atoms with Crippen LogP contribution in [0.2, 0.25) is 0 Å². The lowest BCUT2D eigenvalue weighted by atomic mass is 10.3. The van der Waals surface area contributed by atoms with Gasteiger partial charge in [0.15, 0.2) is 6.61 Å². The van der Waals surface area contributed by atoms with Crippen LogP contribution >= 0.6 is 22.6 Å². The molecular formula is C16H13IN2O2. The molecule has 0 atom stereocenters. The molecule has 0 unspecified atom stereocenters. The highest BCUT2D eigenvalue weighted by atomic mass is 127. The van der Waals surface area contributed by atoms with Crippen LogP contribution in [0.5, 0.6) is 5.75 Å². The van der Waals surface area contributed by atoms with Crippen molar-refractivity contribution in [1.29, 1.82) is 5.26 Å². The second-order valence-electron chi connectivity index (χ2n) is 4.22. The SMILES string of the molecule is N#CCN(C(=O)COc1cccc(I)c1)c1ccccc1. The third-order valence-electron chi connectivity index (χ3n) is 2.76. The number of nitriles is 1. The number of rotatable bonds is 5. The van der Waals surface area contributed by atoms with E-state index in [0.29, 0.717) is 11.4 Å². The number of nitrogens with zero attached hydrogens (tertiary/aromatic N) is 2. The Kier molecular flexibility index (Phi) is 5.58. The van der Waals surface area contributed by atoms with Gasteiger partial charge in [-0.05, 0) is 52.9 Å². The van der Waals surface area contributed by atoms with Gasteiger partial charge in [0, 0.05) is 9.26 Å². The van der Waals surface area contributed by atoms with Crippen molar-refractivity contribution < 1.29 is 9.53 Å². The average Bonchev–Trinajstić information content (AvgIpc) is 2.51. The molecule has 0 saturated heterocycles. The van der Waals surface area contributed by atoms with Crippen LogP contribution in [0.1, 0.15) is 0 Å². The molecular weight excluding hydrogens is 379 g/mol. The molecule has 0 aliphatic rings. The van der Waals surface area contributed by atoms with Crippen molar-refractivity contribution in [1.82, 2.24) is 0 Å². The number of benzene rings is 2. The standard InChI is InChI=1S/C16H13IN2O2/c17-13-5-4-8-15(11-13)21-12-16(20)19(10-9-18)14-6-2-1-3-7-14/h1-8,11H,10,12H2. The van der Waals surface area contributed by atoms with E-state index in [9.17, 15) is 4.79 Å². The average molecular weight is 392 g/mol. The summed E-state index contributed by atoms with van der Waals surface area (Å²) in [7, 11) is 0. The third-order valence-corrected chi connectivity index (χ3v) is 3.43. The van der Waals surface area contributed by atoms with Crippen LogP contribution in [0.15, 0.2) is 54.6 Å². The van der Waals surface area contributed by atoms with Gasteiger partial charge in [-0.2, -0.15) is 5.26 Å². The maximum absolute atomic E-state index is 12.2. The minimum absolute atomic E-state index is 0.00146. The Balaban J connectivity index is 2.04. The molecule has 0 bridgehead atoms. The van der Waals surface area contributed by atoms with Crippen LogP contribution in [0.25, 0.3) is 0 Å². The number of amides is 1.